The summed E-state index contributed by atoms with van der Waals surface area (Å²) in [5.41, 5.74) is 2.09. The molecule has 8 nitrogen and oxygen atoms in total. The fourth-order valence-corrected chi connectivity index (χ4v) is 5.04. The van der Waals surface area contributed by atoms with Crippen LogP contribution >= 0.6 is 11.6 Å². The van der Waals surface area contributed by atoms with Gasteiger partial charge in [-0.05, 0) is 31.0 Å². The summed E-state index contributed by atoms with van der Waals surface area (Å²) >= 11 is 6.20. The normalized spacial score (nSPS) is 17.0. The average molecular weight is 420 g/mol. The molecule has 1 aliphatic carbocycles. The smallest absolute Gasteiger partial charge is 0.270 e. The predicted molar refractivity (Wildman–Crippen MR) is 106 cm³/mol. The lowest BCUT2D eigenvalue weighted by molar-refractivity contribution is 0.0701. The molecule has 2 aliphatic rings. The number of carbonyl (C=O) groups excluding carboxylic acids is 1. The van der Waals surface area contributed by atoms with E-state index in [0.717, 1.165) is 16.6 Å². The second kappa shape index (κ2) is 6.25. The van der Waals surface area contributed by atoms with Crippen molar-refractivity contribution in [3.63, 3.8) is 0 Å². The van der Waals surface area contributed by atoms with Gasteiger partial charge >= 0.3 is 0 Å². The summed E-state index contributed by atoms with van der Waals surface area (Å²) < 4.78 is 28.5. The van der Waals surface area contributed by atoms with Crippen LogP contribution in [0.2, 0.25) is 5.02 Å². The molecule has 1 amide bonds. The number of fused-ring (bicyclic) bond motifs is 2. The number of sulfonamides is 1. The number of rotatable bonds is 4. The zero-order valence-corrected chi connectivity index (χ0v) is 16.4. The molecule has 1 saturated carbocycles. The van der Waals surface area contributed by atoms with Crippen LogP contribution in [0, 0.1) is 0 Å². The molecule has 0 spiro atoms. The molecule has 2 aromatic heterocycles. The minimum absolute atomic E-state index is 0.125. The van der Waals surface area contributed by atoms with Crippen LogP contribution in [0.3, 0.4) is 0 Å². The SMILES string of the molecule is O=C(c1cc2c(Cl)cccc2[nH]1)N1CCn2nc(NS(=O)(=O)C3CC3)cc2C1. The van der Waals surface area contributed by atoms with E-state index in [-0.39, 0.29) is 11.2 Å². The number of carbonyl (C=O) groups is 1. The second-order valence-electron chi connectivity index (χ2n) is 7.20. The average Bonchev–Trinajstić information content (AvgIpc) is 3.32. The Morgan fingerprint density at radius 1 is 1.25 bits per heavy atom. The molecule has 0 saturated heterocycles. The van der Waals surface area contributed by atoms with Crippen molar-refractivity contribution in [3.05, 3.63) is 46.7 Å². The van der Waals surface area contributed by atoms with Gasteiger partial charge in [0.15, 0.2) is 5.82 Å². The molecule has 0 radical (unpaired) electrons. The van der Waals surface area contributed by atoms with Crippen molar-refractivity contribution < 1.29 is 13.2 Å². The van der Waals surface area contributed by atoms with Crippen LogP contribution in [0.15, 0.2) is 30.3 Å². The highest BCUT2D eigenvalue weighted by atomic mass is 35.5. The Balaban J connectivity index is 1.36. The zero-order valence-electron chi connectivity index (χ0n) is 14.9. The van der Waals surface area contributed by atoms with Crippen molar-refractivity contribution in [2.24, 2.45) is 0 Å². The third kappa shape index (κ3) is 3.04. The lowest BCUT2D eigenvalue weighted by Crippen LogP contribution is -2.38. The first-order chi connectivity index (χ1) is 13.4. The minimum Gasteiger partial charge on any atom is -0.350 e. The van der Waals surface area contributed by atoms with E-state index < -0.39 is 10.0 Å². The lowest BCUT2D eigenvalue weighted by Gasteiger charge is -2.27. The number of nitrogens with one attached hydrogen (secondary N) is 2. The molecular weight excluding hydrogens is 402 g/mol. The Kier molecular flexibility index (Phi) is 3.92. The summed E-state index contributed by atoms with van der Waals surface area (Å²) in [7, 11) is -3.36. The van der Waals surface area contributed by atoms with Crippen molar-refractivity contribution >= 4 is 44.3 Å². The standard InChI is InChI=1S/C18H18ClN5O3S/c19-14-2-1-3-15-13(14)9-16(20-15)18(25)23-6-7-24-11(10-23)8-17(21-24)22-28(26,27)12-4-5-12/h1-3,8-9,12,20H,4-7,10H2,(H,21,22). The number of benzene rings is 1. The molecule has 10 heteroatoms. The molecule has 146 valence electrons. The van der Waals surface area contributed by atoms with Crippen LogP contribution in [-0.2, 0) is 23.1 Å². The van der Waals surface area contributed by atoms with Gasteiger partial charge in [-0.25, -0.2) is 8.42 Å². The highest BCUT2D eigenvalue weighted by Crippen LogP contribution is 2.30. The molecule has 0 atom stereocenters. The van der Waals surface area contributed by atoms with Gasteiger partial charge in [0.25, 0.3) is 5.91 Å². The Labute approximate surface area is 166 Å². The van der Waals surface area contributed by atoms with Crippen LogP contribution in [0.1, 0.15) is 29.0 Å². The van der Waals surface area contributed by atoms with Gasteiger partial charge in [0.05, 0.1) is 24.0 Å². The molecule has 5 rings (SSSR count). The topological polar surface area (TPSA) is 100 Å². The zero-order chi connectivity index (χ0) is 19.5. The third-order valence-corrected chi connectivity index (χ3v) is 7.31. The highest BCUT2D eigenvalue weighted by molar-refractivity contribution is 7.93. The molecular formula is C18H18ClN5O3S. The molecule has 3 heterocycles. The first-order valence-electron chi connectivity index (χ1n) is 9.05. The maximum atomic E-state index is 12.9. The number of halogens is 1. The van der Waals surface area contributed by atoms with E-state index in [1.807, 2.05) is 12.1 Å². The molecule has 2 N–H and O–H groups in total. The first-order valence-corrected chi connectivity index (χ1v) is 11.0. The van der Waals surface area contributed by atoms with E-state index in [4.69, 9.17) is 11.6 Å². The van der Waals surface area contributed by atoms with E-state index in [1.54, 1.807) is 27.8 Å². The maximum absolute atomic E-state index is 12.9. The minimum atomic E-state index is -3.36. The molecule has 1 aromatic carbocycles. The van der Waals surface area contributed by atoms with Gasteiger partial charge in [-0.15, -0.1) is 0 Å². The van der Waals surface area contributed by atoms with Gasteiger partial charge < -0.3 is 9.88 Å². The number of aromatic amines is 1. The molecule has 28 heavy (non-hydrogen) atoms. The number of nitrogens with zero attached hydrogens (tertiary/aromatic N) is 3. The predicted octanol–water partition coefficient (Wildman–Crippen LogP) is 2.58. The quantitative estimate of drug-likeness (QED) is 0.678. The second-order valence-corrected chi connectivity index (χ2v) is 9.57. The largest absolute Gasteiger partial charge is 0.350 e. The Bertz CT molecular complexity index is 1200. The summed E-state index contributed by atoms with van der Waals surface area (Å²) in [5.74, 6) is 0.188. The number of H-pyrrole nitrogens is 1. The van der Waals surface area contributed by atoms with Crippen molar-refractivity contribution in [2.45, 2.75) is 31.2 Å². The maximum Gasteiger partial charge on any atom is 0.270 e. The van der Waals surface area contributed by atoms with E-state index >= 15 is 0 Å². The van der Waals surface area contributed by atoms with Crippen LogP contribution < -0.4 is 4.72 Å². The van der Waals surface area contributed by atoms with E-state index in [9.17, 15) is 13.2 Å². The molecule has 1 fully saturated rings. The van der Waals surface area contributed by atoms with Gasteiger partial charge in [-0.3, -0.25) is 14.2 Å². The number of aromatic nitrogens is 3. The fraction of sp³-hybridized carbons (Fsp3) is 0.333. The van der Waals surface area contributed by atoms with Crippen LogP contribution in [0.4, 0.5) is 5.82 Å². The Morgan fingerprint density at radius 2 is 2.07 bits per heavy atom. The van der Waals surface area contributed by atoms with Crippen molar-refractivity contribution in [3.8, 4) is 0 Å². The summed E-state index contributed by atoms with van der Waals surface area (Å²) in [6.07, 6.45) is 1.39. The van der Waals surface area contributed by atoms with Gasteiger partial charge in [0.1, 0.15) is 5.69 Å². The highest BCUT2D eigenvalue weighted by Gasteiger charge is 2.36. The Morgan fingerprint density at radius 3 is 2.82 bits per heavy atom. The molecule has 1 aliphatic heterocycles. The van der Waals surface area contributed by atoms with Crippen LogP contribution in [0.5, 0.6) is 0 Å². The fourth-order valence-electron chi connectivity index (χ4n) is 3.50. The van der Waals surface area contributed by atoms with Crippen LogP contribution in [0.25, 0.3) is 10.9 Å². The van der Waals surface area contributed by atoms with Crippen molar-refractivity contribution in [1.82, 2.24) is 19.7 Å². The third-order valence-electron chi connectivity index (χ3n) is 5.14. The first kappa shape index (κ1) is 17.6. The van der Waals surface area contributed by atoms with Gasteiger partial charge in [-0.1, -0.05) is 17.7 Å². The lowest BCUT2D eigenvalue weighted by atomic mass is 10.2. The Hall–Kier alpha value is -2.52. The number of hydrogen-bond acceptors (Lipinski definition) is 4. The van der Waals surface area contributed by atoms with E-state index in [2.05, 4.69) is 14.8 Å². The van der Waals surface area contributed by atoms with E-state index in [0.29, 0.717) is 49.0 Å². The number of amides is 1. The summed E-state index contributed by atoms with van der Waals surface area (Å²) in [6.45, 7) is 1.36. The molecule has 0 unspecified atom stereocenters. The van der Waals surface area contributed by atoms with Crippen LogP contribution in [-0.4, -0.2) is 45.8 Å². The summed E-state index contributed by atoms with van der Waals surface area (Å²) in [5, 5.41) is 5.42. The number of anilines is 1. The molecule has 0 bridgehead atoms. The van der Waals surface area contributed by atoms with E-state index in [1.165, 1.54) is 0 Å². The van der Waals surface area contributed by atoms with Crippen molar-refractivity contribution in [1.29, 1.82) is 0 Å². The van der Waals surface area contributed by atoms with Gasteiger partial charge in [0.2, 0.25) is 10.0 Å². The monoisotopic (exact) mass is 419 g/mol. The molecule has 3 aromatic rings. The van der Waals surface area contributed by atoms with Crippen molar-refractivity contribution in [2.75, 3.05) is 11.3 Å². The van der Waals surface area contributed by atoms with Gasteiger partial charge in [0, 0.05) is 28.5 Å². The summed E-state index contributed by atoms with van der Waals surface area (Å²) in [6, 6.07) is 8.96. The van der Waals surface area contributed by atoms with Gasteiger partial charge in [-0.2, -0.15) is 5.10 Å². The summed E-state index contributed by atoms with van der Waals surface area (Å²) in [4.78, 5) is 17.8. The number of hydrogen-bond donors (Lipinski definition) is 2.